The van der Waals surface area contributed by atoms with Crippen LogP contribution in [0.5, 0.6) is 0 Å². The summed E-state index contributed by atoms with van der Waals surface area (Å²) in [5, 5.41) is 11.5. The van der Waals surface area contributed by atoms with Crippen LogP contribution in [0.15, 0.2) is 28.6 Å². The number of carbonyl (C=O) groups excluding carboxylic acids is 1. The number of benzene rings is 1. The van der Waals surface area contributed by atoms with Gasteiger partial charge in [-0.25, -0.2) is 0 Å². The van der Waals surface area contributed by atoms with Gasteiger partial charge in [-0.2, -0.15) is 0 Å². The number of thioether (sulfide) groups is 1. The predicted octanol–water partition coefficient (Wildman–Crippen LogP) is 3.18. The van der Waals surface area contributed by atoms with Gasteiger partial charge in [-0.1, -0.05) is 46.8 Å². The molecule has 1 amide bonds. The molecule has 8 heteroatoms. The summed E-state index contributed by atoms with van der Waals surface area (Å²) in [4.78, 5) is 12.0. The monoisotopic (exact) mass is 329 g/mol. The zero-order valence-electron chi connectivity index (χ0n) is 10.6. The van der Waals surface area contributed by atoms with E-state index in [0.29, 0.717) is 22.3 Å². The molecule has 0 spiro atoms. The van der Waals surface area contributed by atoms with Gasteiger partial charge in [0.25, 0.3) is 5.91 Å². The van der Waals surface area contributed by atoms with E-state index < -0.39 is 0 Å². The largest absolute Gasteiger partial charge is 0.384 e. The number of aromatic nitrogens is 2. The number of nitrogens with zero attached hydrogens (tertiary/aromatic N) is 2. The fourth-order valence-electron chi connectivity index (χ4n) is 1.34. The highest BCUT2D eigenvalue weighted by atomic mass is 35.5. The minimum Gasteiger partial charge on any atom is -0.384 e. The van der Waals surface area contributed by atoms with Crippen molar-refractivity contribution in [2.24, 2.45) is 0 Å². The van der Waals surface area contributed by atoms with E-state index >= 15 is 0 Å². The van der Waals surface area contributed by atoms with E-state index in [1.165, 1.54) is 23.1 Å². The smallest absolute Gasteiger partial charge is 0.259 e. The summed E-state index contributed by atoms with van der Waals surface area (Å²) in [6, 6.07) is 6.86. The van der Waals surface area contributed by atoms with Gasteiger partial charge in [0.05, 0.1) is 17.2 Å². The number of methoxy groups -OCH3 is 1. The summed E-state index contributed by atoms with van der Waals surface area (Å²) >= 11 is 8.82. The number of ether oxygens (including phenoxy) is 1. The highest BCUT2D eigenvalue weighted by Crippen LogP contribution is 2.26. The van der Waals surface area contributed by atoms with Crippen molar-refractivity contribution in [1.82, 2.24) is 10.2 Å². The highest BCUT2D eigenvalue weighted by Gasteiger charge is 2.12. The lowest BCUT2D eigenvalue weighted by Crippen LogP contribution is -2.12. The van der Waals surface area contributed by atoms with E-state index in [4.69, 9.17) is 16.3 Å². The number of nitrogens with one attached hydrogen (secondary N) is 1. The molecule has 0 saturated carbocycles. The minimum absolute atomic E-state index is 0.291. The normalized spacial score (nSPS) is 10.5. The van der Waals surface area contributed by atoms with Gasteiger partial charge < -0.3 is 4.74 Å². The lowest BCUT2D eigenvalue weighted by atomic mass is 10.2. The van der Waals surface area contributed by atoms with Gasteiger partial charge in [0.2, 0.25) is 5.13 Å². The van der Waals surface area contributed by atoms with E-state index in [-0.39, 0.29) is 5.91 Å². The molecule has 20 heavy (non-hydrogen) atoms. The Balaban J connectivity index is 1.97. The van der Waals surface area contributed by atoms with Crippen molar-refractivity contribution >= 4 is 45.7 Å². The molecule has 106 valence electrons. The van der Waals surface area contributed by atoms with Crippen LogP contribution in [-0.4, -0.2) is 35.6 Å². The minimum atomic E-state index is -0.291. The maximum absolute atomic E-state index is 12.0. The third kappa shape index (κ3) is 4.17. The van der Waals surface area contributed by atoms with Crippen LogP contribution in [0.1, 0.15) is 10.4 Å². The molecule has 0 aliphatic carbocycles. The quantitative estimate of drug-likeness (QED) is 0.501. The molecule has 2 rings (SSSR count). The topological polar surface area (TPSA) is 64.1 Å². The molecule has 0 saturated heterocycles. The van der Waals surface area contributed by atoms with Crippen molar-refractivity contribution in [1.29, 1.82) is 0 Å². The van der Waals surface area contributed by atoms with Gasteiger partial charge >= 0.3 is 0 Å². The van der Waals surface area contributed by atoms with Crippen LogP contribution in [0.25, 0.3) is 0 Å². The molecule has 1 aromatic heterocycles. The van der Waals surface area contributed by atoms with Crippen molar-refractivity contribution in [2.75, 3.05) is 24.8 Å². The Labute approximate surface area is 129 Å². The fraction of sp³-hybridized carbons (Fsp3) is 0.250. The van der Waals surface area contributed by atoms with Crippen molar-refractivity contribution in [3.05, 3.63) is 34.9 Å². The van der Waals surface area contributed by atoms with E-state index in [1.807, 2.05) is 0 Å². The number of hydrogen-bond acceptors (Lipinski definition) is 6. The third-order valence-electron chi connectivity index (χ3n) is 2.26. The Morgan fingerprint density at radius 1 is 1.45 bits per heavy atom. The summed E-state index contributed by atoms with van der Waals surface area (Å²) in [7, 11) is 1.65. The van der Waals surface area contributed by atoms with Gasteiger partial charge in [-0.05, 0) is 12.1 Å². The maximum Gasteiger partial charge on any atom is 0.259 e. The number of anilines is 1. The first-order chi connectivity index (χ1) is 9.70. The SMILES string of the molecule is COCCSc1nnc(NC(=O)c2ccccc2Cl)s1. The standard InChI is InChI=1S/C12H12ClN3O2S2/c1-18-6-7-19-12-16-15-11(20-12)14-10(17)8-4-2-3-5-9(8)13/h2-5H,6-7H2,1H3,(H,14,15,17). The van der Waals surface area contributed by atoms with Gasteiger partial charge in [0.1, 0.15) is 0 Å². The zero-order valence-corrected chi connectivity index (χ0v) is 13.0. The number of hydrogen-bond donors (Lipinski definition) is 1. The second-order valence-corrected chi connectivity index (χ2v) is 6.38. The van der Waals surface area contributed by atoms with Crippen LogP contribution in [-0.2, 0) is 4.74 Å². The van der Waals surface area contributed by atoms with E-state index in [2.05, 4.69) is 15.5 Å². The molecular formula is C12H12ClN3O2S2. The molecule has 0 radical (unpaired) electrons. The lowest BCUT2D eigenvalue weighted by molar-refractivity contribution is 0.102. The Morgan fingerprint density at radius 2 is 2.25 bits per heavy atom. The molecule has 2 aromatic rings. The van der Waals surface area contributed by atoms with Crippen LogP contribution in [0, 0.1) is 0 Å². The van der Waals surface area contributed by atoms with Crippen molar-refractivity contribution in [2.45, 2.75) is 4.34 Å². The first kappa shape index (κ1) is 15.2. The molecule has 1 heterocycles. The van der Waals surface area contributed by atoms with E-state index in [0.717, 1.165) is 10.1 Å². The fourth-order valence-corrected chi connectivity index (χ4v) is 3.28. The average Bonchev–Trinajstić information content (AvgIpc) is 2.87. The van der Waals surface area contributed by atoms with Crippen molar-refractivity contribution < 1.29 is 9.53 Å². The van der Waals surface area contributed by atoms with E-state index in [9.17, 15) is 4.79 Å². The molecule has 1 aromatic carbocycles. The predicted molar refractivity (Wildman–Crippen MR) is 81.9 cm³/mol. The molecular weight excluding hydrogens is 318 g/mol. The van der Waals surface area contributed by atoms with E-state index in [1.54, 1.807) is 31.4 Å². The second-order valence-electron chi connectivity index (χ2n) is 3.65. The zero-order chi connectivity index (χ0) is 14.4. The van der Waals surface area contributed by atoms with Crippen LogP contribution in [0.2, 0.25) is 5.02 Å². The summed E-state index contributed by atoms with van der Waals surface area (Å²) in [6.45, 7) is 0.644. The lowest BCUT2D eigenvalue weighted by Gasteiger charge is -2.02. The Bertz CT molecular complexity index is 592. The molecule has 0 fully saturated rings. The average molecular weight is 330 g/mol. The van der Waals surface area contributed by atoms with Gasteiger partial charge in [-0.15, -0.1) is 10.2 Å². The molecule has 0 unspecified atom stereocenters. The van der Waals surface area contributed by atoms with Crippen molar-refractivity contribution in [3.63, 3.8) is 0 Å². The number of rotatable bonds is 6. The molecule has 0 atom stereocenters. The Kier molecular flexibility index (Phi) is 5.78. The summed E-state index contributed by atoms with van der Waals surface area (Å²) in [6.07, 6.45) is 0. The molecule has 0 aliphatic rings. The molecule has 1 N–H and O–H groups in total. The highest BCUT2D eigenvalue weighted by molar-refractivity contribution is 8.01. The first-order valence-electron chi connectivity index (χ1n) is 5.72. The van der Waals surface area contributed by atoms with Crippen LogP contribution < -0.4 is 5.32 Å². The van der Waals surface area contributed by atoms with Crippen LogP contribution in [0.4, 0.5) is 5.13 Å². The molecule has 0 bridgehead atoms. The molecule has 5 nitrogen and oxygen atoms in total. The number of amides is 1. The van der Waals surface area contributed by atoms with Gasteiger partial charge in [-0.3, -0.25) is 10.1 Å². The molecule has 0 aliphatic heterocycles. The third-order valence-corrected chi connectivity index (χ3v) is 4.52. The Morgan fingerprint density at radius 3 is 3.00 bits per heavy atom. The van der Waals surface area contributed by atoms with Crippen molar-refractivity contribution in [3.8, 4) is 0 Å². The summed E-state index contributed by atoms with van der Waals surface area (Å²) < 4.78 is 5.75. The van der Waals surface area contributed by atoms with Gasteiger partial charge in [0.15, 0.2) is 4.34 Å². The van der Waals surface area contributed by atoms with Crippen LogP contribution >= 0.6 is 34.7 Å². The summed E-state index contributed by atoms with van der Waals surface area (Å²) in [5.41, 5.74) is 0.415. The Hall–Kier alpha value is -1.15. The van der Waals surface area contributed by atoms with Gasteiger partial charge in [0, 0.05) is 12.9 Å². The first-order valence-corrected chi connectivity index (χ1v) is 7.90. The summed E-state index contributed by atoms with van der Waals surface area (Å²) in [5.74, 6) is 0.504. The van der Waals surface area contributed by atoms with Crippen LogP contribution in [0.3, 0.4) is 0 Å². The second kappa shape index (κ2) is 7.58. The number of carbonyl (C=O) groups is 1. The number of halogens is 1. The maximum atomic E-state index is 12.0.